The fraction of sp³-hybridized carbons (Fsp3) is 0.222. The quantitative estimate of drug-likeness (QED) is 0.728. The zero-order valence-corrected chi connectivity index (χ0v) is 8.77. The molecule has 0 aliphatic carbocycles. The van der Waals surface area contributed by atoms with Gasteiger partial charge in [-0.2, -0.15) is 0 Å². The summed E-state index contributed by atoms with van der Waals surface area (Å²) in [5, 5.41) is 0.204. The summed E-state index contributed by atoms with van der Waals surface area (Å²) in [6.45, 7) is 1.49. The van der Waals surface area contributed by atoms with Gasteiger partial charge in [-0.15, -0.1) is 0 Å². The Bertz CT molecular complexity index is 334. The molecule has 0 fully saturated rings. The van der Waals surface area contributed by atoms with Crippen molar-refractivity contribution in [1.82, 2.24) is 0 Å². The Balaban J connectivity index is 2.99. The minimum absolute atomic E-state index is 0.128. The second-order valence-electron chi connectivity index (χ2n) is 2.63. The molecule has 2 nitrogen and oxygen atoms in total. The molecule has 1 aromatic carbocycles. The van der Waals surface area contributed by atoms with Crippen LogP contribution in [0.1, 0.15) is 18.6 Å². The van der Waals surface area contributed by atoms with Gasteiger partial charge < -0.3 is 4.74 Å². The van der Waals surface area contributed by atoms with Crippen LogP contribution in [0.2, 0.25) is 5.02 Å². The Labute approximate surface area is 90.6 Å². The van der Waals surface area contributed by atoms with Crippen LogP contribution in [0.4, 0.5) is 9.18 Å². The van der Waals surface area contributed by atoms with Gasteiger partial charge in [0.05, 0.1) is 5.02 Å². The summed E-state index contributed by atoms with van der Waals surface area (Å²) in [5.41, 5.74) is -0.861. The van der Waals surface area contributed by atoms with Crippen molar-refractivity contribution in [3.05, 3.63) is 34.6 Å². The van der Waals surface area contributed by atoms with Gasteiger partial charge in [0.2, 0.25) is 0 Å². The molecule has 0 amide bonds. The minimum Gasteiger partial charge on any atom is -0.446 e. The molecule has 76 valence electrons. The van der Waals surface area contributed by atoms with E-state index in [0.717, 1.165) is 0 Å². The Kier molecular flexibility index (Phi) is 3.72. The highest BCUT2D eigenvalue weighted by Crippen LogP contribution is 2.28. The van der Waals surface area contributed by atoms with Crippen LogP contribution < -0.4 is 0 Å². The molecule has 14 heavy (non-hydrogen) atoms. The van der Waals surface area contributed by atoms with E-state index in [0.29, 0.717) is 0 Å². The van der Waals surface area contributed by atoms with E-state index in [1.807, 2.05) is 0 Å². The highest BCUT2D eigenvalue weighted by Gasteiger charge is 2.17. The lowest BCUT2D eigenvalue weighted by Gasteiger charge is -2.13. The number of ether oxygens (including phenoxy) is 1. The van der Waals surface area contributed by atoms with Crippen LogP contribution in [0, 0.1) is 5.82 Å². The zero-order valence-electron chi connectivity index (χ0n) is 7.26. The first-order valence-corrected chi connectivity index (χ1v) is 4.58. The first-order chi connectivity index (χ1) is 6.52. The molecule has 0 bridgehead atoms. The molecule has 0 saturated heterocycles. The monoisotopic (exact) mass is 236 g/mol. The van der Waals surface area contributed by atoms with Crippen LogP contribution in [0.25, 0.3) is 0 Å². The summed E-state index contributed by atoms with van der Waals surface area (Å²) in [5.74, 6) is -0.525. The van der Waals surface area contributed by atoms with Crippen LogP contribution in [0.15, 0.2) is 18.2 Å². The van der Waals surface area contributed by atoms with Crippen molar-refractivity contribution in [2.24, 2.45) is 0 Å². The molecule has 0 saturated carbocycles. The molecular weight excluding hydrogens is 230 g/mol. The van der Waals surface area contributed by atoms with Crippen LogP contribution in [0.3, 0.4) is 0 Å². The number of carbonyl (C=O) groups excluding carboxylic acids is 1. The van der Waals surface area contributed by atoms with Crippen LogP contribution >= 0.6 is 23.2 Å². The number of benzene rings is 1. The smallest absolute Gasteiger partial charge is 0.404 e. The summed E-state index contributed by atoms with van der Waals surface area (Å²) < 4.78 is 17.8. The Hall–Kier alpha value is -0.800. The molecule has 0 radical (unpaired) electrons. The Morgan fingerprint density at radius 1 is 1.57 bits per heavy atom. The maximum atomic E-state index is 13.2. The summed E-state index contributed by atoms with van der Waals surface area (Å²) in [6, 6.07) is 4.22. The van der Waals surface area contributed by atoms with Gasteiger partial charge in [-0.05, 0) is 19.1 Å². The average molecular weight is 237 g/mol. The van der Waals surface area contributed by atoms with Crippen molar-refractivity contribution >= 4 is 28.6 Å². The summed E-state index contributed by atoms with van der Waals surface area (Å²) in [6.07, 6.45) is -0.798. The van der Waals surface area contributed by atoms with Gasteiger partial charge >= 0.3 is 5.43 Å². The third kappa shape index (κ3) is 2.59. The fourth-order valence-electron chi connectivity index (χ4n) is 1.10. The fourth-order valence-corrected chi connectivity index (χ4v) is 1.55. The maximum absolute atomic E-state index is 13.2. The lowest BCUT2D eigenvalue weighted by molar-refractivity contribution is 0.130. The van der Waals surface area contributed by atoms with Crippen molar-refractivity contribution < 1.29 is 13.9 Å². The predicted molar refractivity (Wildman–Crippen MR) is 52.2 cm³/mol. The molecule has 0 spiro atoms. The molecular formula is C9H7Cl2FO2. The summed E-state index contributed by atoms with van der Waals surface area (Å²) in [4.78, 5) is 10.4. The number of hydrogen-bond donors (Lipinski definition) is 0. The van der Waals surface area contributed by atoms with Gasteiger partial charge in [0.1, 0.15) is 11.9 Å². The Morgan fingerprint density at radius 2 is 2.21 bits per heavy atom. The van der Waals surface area contributed by atoms with E-state index in [4.69, 9.17) is 23.2 Å². The number of halogens is 3. The summed E-state index contributed by atoms with van der Waals surface area (Å²) >= 11 is 10.7. The standard InChI is InChI=1S/C9H7Cl2FO2/c1-5(14-9(11)13)8-6(10)3-2-4-7(8)12/h2-5H,1H3. The van der Waals surface area contributed by atoms with Gasteiger partial charge in [0, 0.05) is 17.2 Å². The van der Waals surface area contributed by atoms with Crippen LogP contribution in [-0.2, 0) is 4.74 Å². The molecule has 1 aromatic rings. The molecule has 1 rings (SSSR count). The molecule has 1 unspecified atom stereocenters. The largest absolute Gasteiger partial charge is 0.446 e. The first-order valence-electron chi connectivity index (χ1n) is 3.82. The van der Waals surface area contributed by atoms with Gasteiger partial charge in [0.25, 0.3) is 0 Å². The van der Waals surface area contributed by atoms with Crippen molar-refractivity contribution in [2.75, 3.05) is 0 Å². The molecule has 0 heterocycles. The van der Waals surface area contributed by atoms with Gasteiger partial charge in [-0.25, -0.2) is 9.18 Å². The van der Waals surface area contributed by atoms with E-state index >= 15 is 0 Å². The third-order valence-corrected chi connectivity index (χ3v) is 2.09. The van der Waals surface area contributed by atoms with E-state index in [9.17, 15) is 9.18 Å². The Morgan fingerprint density at radius 3 is 2.71 bits per heavy atom. The highest BCUT2D eigenvalue weighted by molar-refractivity contribution is 6.61. The van der Waals surface area contributed by atoms with Crippen LogP contribution in [-0.4, -0.2) is 5.43 Å². The average Bonchev–Trinajstić information content (AvgIpc) is 2.01. The molecule has 1 atom stereocenters. The van der Waals surface area contributed by atoms with E-state index in [2.05, 4.69) is 4.74 Å². The highest BCUT2D eigenvalue weighted by atomic mass is 35.5. The van der Waals surface area contributed by atoms with E-state index < -0.39 is 17.3 Å². The molecule has 5 heteroatoms. The maximum Gasteiger partial charge on any atom is 0.404 e. The zero-order chi connectivity index (χ0) is 10.7. The van der Waals surface area contributed by atoms with E-state index in [1.54, 1.807) is 0 Å². The first kappa shape index (κ1) is 11.3. The topological polar surface area (TPSA) is 26.3 Å². The van der Waals surface area contributed by atoms with Crippen molar-refractivity contribution in [2.45, 2.75) is 13.0 Å². The van der Waals surface area contributed by atoms with Crippen molar-refractivity contribution in [3.63, 3.8) is 0 Å². The second kappa shape index (κ2) is 4.62. The van der Waals surface area contributed by atoms with Gasteiger partial charge in [0.15, 0.2) is 0 Å². The van der Waals surface area contributed by atoms with Crippen molar-refractivity contribution in [3.8, 4) is 0 Å². The molecule has 0 aliphatic heterocycles. The van der Waals surface area contributed by atoms with Crippen LogP contribution in [0.5, 0.6) is 0 Å². The third-order valence-electron chi connectivity index (χ3n) is 1.68. The molecule has 0 N–H and O–H groups in total. The predicted octanol–water partition coefficient (Wildman–Crippen LogP) is 3.92. The SMILES string of the molecule is CC(OC(=O)Cl)c1c(F)cccc1Cl. The number of rotatable bonds is 2. The van der Waals surface area contributed by atoms with E-state index in [1.165, 1.54) is 25.1 Å². The summed E-state index contributed by atoms with van der Waals surface area (Å²) in [7, 11) is 0. The molecule has 0 aliphatic rings. The van der Waals surface area contributed by atoms with Gasteiger partial charge in [-0.3, -0.25) is 0 Å². The normalized spacial score (nSPS) is 12.3. The number of hydrogen-bond acceptors (Lipinski definition) is 2. The van der Waals surface area contributed by atoms with Gasteiger partial charge in [-0.1, -0.05) is 17.7 Å². The molecule has 0 aromatic heterocycles. The second-order valence-corrected chi connectivity index (χ2v) is 3.35. The lowest BCUT2D eigenvalue weighted by Crippen LogP contribution is -2.04. The minimum atomic E-state index is -0.989. The van der Waals surface area contributed by atoms with Crippen molar-refractivity contribution in [1.29, 1.82) is 0 Å². The van der Waals surface area contributed by atoms with E-state index in [-0.39, 0.29) is 10.6 Å². The number of carbonyl (C=O) groups is 1. The lowest BCUT2D eigenvalue weighted by atomic mass is 10.1.